The van der Waals surface area contributed by atoms with E-state index in [-0.39, 0.29) is 6.04 Å². The molecule has 3 nitrogen and oxygen atoms in total. The average molecular weight is 303 g/mol. The van der Waals surface area contributed by atoms with E-state index in [2.05, 4.69) is 23.9 Å². The number of likely N-dealkylation sites (N-methyl/N-ethyl adjacent to an activating group) is 2. The Kier molecular flexibility index (Phi) is 5.09. The van der Waals surface area contributed by atoms with E-state index in [0.29, 0.717) is 16.5 Å². The number of benzene rings is 1. The minimum Gasteiger partial charge on any atom is -0.391 e. The zero-order valence-corrected chi connectivity index (χ0v) is 12.8. The molecule has 0 aromatic heterocycles. The Morgan fingerprint density at radius 3 is 2.79 bits per heavy atom. The molecule has 1 aliphatic heterocycles. The van der Waals surface area contributed by atoms with E-state index in [9.17, 15) is 5.11 Å². The predicted molar refractivity (Wildman–Crippen MR) is 80.1 cm³/mol. The van der Waals surface area contributed by atoms with E-state index in [1.54, 1.807) is 6.07 Å². The predicted octanol–water partition coefficient (Wildman–Crippen LogP) is 2.14. The molecule has 0 amide bonds. The van der Waals surface area contributed by atoms with Crippen LogP contribution in [0.2, 0.25) is 10.0 Å². The van der Waals surface area contributed by atoms with E-state index < -0.39 is 6.10 Å². The van der Waals surface area contributed by atoms with Crippen molar-refractivity contribution in [3.05, 3.63) is 33.8 Å². The van der Waals surface area contributed by atoms with Gasteiger partial charge in [0.2, 0.25) is 0 Å². The van der Waals surface area contributed by atoms with Crippen molar-refractivity contribution >= 4 is 23.2 Å². The molecule has 1 saturated heterocycles. The van der Waals surface area contributed by atoms with Gasteiger partial charge in [0.15, 0.2) is 0 Å². The topological polar surface area (TPSA) is 26.7 Å². The highest BCUT2D eigenvalue weighted by Crippen LogP contribution is 2.27. The van der Waals surface area contributed by atoms with E-state index in [1.807, 2.05) is 12.1 Å². The fraction of sp³-hybridized carbons (Fsp3) is 0.571. The molecule has 1 aromatic rings. The molecule has 106 valence electrons. The summed E-state index contributed by atoms with van der Waals surface area (Å²) in [6, 6.07) is 5.69. The highest BCUT2D eigenvalue weighted by atomic mass is 35.5. The second-order valence-electron chi connectivity index (χ2n) is 5.29. The van der Waals surface area contributed by atoms with Gasteiger partial charge in [-0.05, 0) is 25.7 Å². The standard InChI is InChI=1S/C14H20Cl2N2O/c1-17-6-7-18(2)12(9-17)13(19)8-10-4-3-5-11(15)14(10)16/h3-5,12-13,19H,6-9H2,1-2H3. The SMILES string of the molecule is CN1CCN(C)C(C(O)Cc2cccc(Cl)c2Cl)C1. The third kappa shape index (κ3) is 3.61. The van der Waals surface area contributed by atoms with Crippen molar-refractivity contribution in [2.75, 3.05) is 33.7 Å². The first-order valence-electron chi connectivity index (χ1n) is 6.48. The smallest absolute Gasteiger partial charge is 0.0748 e. The summed E-state index contributed by atoms with van der Waals surface area (Å²) in [5, 5.41) is 11.6. The monoisotopic (exact) mass is 302 g/mol. The van der Waals surface area contributed by atoms with Gasteiger partial charge < -0.3 is 10.0 Å². The van der Waals surface area contributed by atoms with Crippen molar-refractivity contribution in [2.24, 2.45) is 0 Å². The number of rotatable bonds is 3. The van der Waals surface area contributed by atoms with Gasteiger partial charge in [0.05, 0.1) is 16.1 Å². The number of aliphatic hydroxyl groups excluding tert-OH is 1. The summed E-state index contributed by atoms with van der Waals surface area (Å²) in [7, 11) is 4.14. The Balaban J connectivity index is 2.07. The summed E-state index contributed by atoms with van der Waals surface area (Å²) >= 11 is 12.2. The average Bonchev–Trinajstić information content (AvgIpc) is 2.38. The Hall–Kier alpha value is -0.320. The minimum atomic E-state index is -0.441. The van der Waals surface area contributed by atoms with Gasteiger partial charge in [-0.2, -0.15) is 0 Å². The Morgan fingerprint density at radius 2 is 2.05 bits per heavy atom. The van der Waals surface area contributed by atoms with Crippen molar-refractivity contribution in [1.82, 2.24) is 9.80 Å². The number of nitrogens with zero attached hydrogens (tertiary/aromatic N) is 2. The Bertz CT molecular complexity index is 441. The highest BCUT2D eigenvalue weighted by Gasteiger charge is 2.29. The van der Waals surface area contributed by atoms with E-state index in [4.69, 9.17) is 23.2 Å². The van der Waals surface area contributed by atoms with Gasteiger partial charge in [-0.25, -0.2) is 0 Å². The number of piperazine rings is 1. The summed E-state index contributed by atoms with van der Waals surface area (Å²) in [4.78, 5) is 4.45. The molecule has 1 fully saturated rings. The number of hydrogen-bond donors (Lipinski definition) is 1. The van der Waals surface area contributed by atoms with Crippen LogP contribution in [0.1, 0.15) is 5.56 Å². The van der Waals surface area contributed by atoms with Crippen LogP contribution in [-0.4, -0.2) is 60.8 Å². The maximum atomic E-state index is 10.5. The van der Waals surface area contributed by atoms with Crippen LogP contribution in [0.15, 0.2) is 18.2 Å². The molecule has 0 aliphatic carbocycles. The summed E-state index contributed by atoms with van der Waals surface area (Å²) < 4.78 is 0. The molecule has 0 radical (unpaired) electrons. The van der Waals surface area contributed by atoms with Gasteiger partial charge in [0.25, 0.3) is 0 Å². The van der Waals surface area contributed by atoms with Crippen LogP contribution in [0.25, 0.3) is 0 Å². The minimum absolute atomic E-state index is 0.133. The molecule has 2 rings (SSSR count). The molecule has 0 spiro atoms. The van der Waals surface area contributed by atoms with Gasteiger partial charge in [-0.1, -0.05) is 35.3 Å². The highest BCUT2D eigenvalue weighted by molar-refractivity contribution is 6.42. The zero-order valence-electron chi connectivity index (χ0n) is 11.3. The Labute approximate surface area is 124 Å². The van der Waals surface area contributed by atoms with Crippen LogP contribution < -0.4 is 0 Å². The molecule has 0 bridgehead atoms. The molecule has 2 atom stereocenters. The second kappa shape index (κ2) is 6.42. The molecular formula is C14H20Cl2N2O. The van der Waals surface area contributed by atoms with Crippen molar-refractivity contribution in [1.29, 1.82) is 0 Å². The summed E-state index contributed by atoms with van der Waals surface area (Å²) in [5.41, 5.74) is 0.906. The van der Waals surface area contributed by atoms with Gasteiger partial charge in [-0.3, -0.25) is 4.90 Å². The second-order valence-corrected chi connectivity index (χ2v) is 6.08. The van der Waals surface area contributed by atoms with Crippen molar-refractivity contribution in [2.45, 2.75) is 18.6 Å². The fourth-order valence-electron chi connectivity index (χ4n) is 2.53. The zero-order chi connectivity index (χ0) is 14.0. The molecule has 0 saturated carbocycles. The van der Waals surface area contributed by atoms with E-state index >= 15 is 0 Å². The molecular weight excluding hydrogens is 283 g/mol. The van der Waals surface area contributed by atoms with Crippen LogP contribution >= 0.6 is 23.2 Å². The normalized spacial score (nSPS) is 23.5. The van der Waals surface area contributed by atoms with Crippen LogP contribution in [0.5, 0.6) is 0 Å². The number of hydrogen-bond acceptors (Lipinski definition) is 3. The first-order valence-corrected chi connectivity index (χ1v) is 7.24. The fourth-order valence-corrected chi connectivity index (χ4v) is 2.92. The first-order chi connectivity index (χ1) is 8.99. The quantitative estimate of drug-likeness (QED) is 0.927. The molecule has 1 aliphatic rings. The maximum absolute atomic E-state index is 10.5. The summed E-state index contributed by atoms with van der Waals surface area (Å²) in [5.74, 6) is 0. The van der Waals surface area contributed by atoms with Crippen LogP contribution in [0.4, 0.5) is 0 Å². The van der Waals surface area contributed by atoms with Crippen molar-refractivity contribution < 1.29 is 5.11 Å². The van der Waals surface area contributed by atoms with Crippen molar-refractivity contribution in [3.63, 3.8) is 0 Å². The maximum Gasteiger partial charge on any atom is 0.0748 e. The van der Waals surface area contributed by atoms with Crippen LogP contribution in [0, 0.1) is 0 Å². The van der Waals surface area contributed by atoms with Gasteiger partial charge in [-0.15, -0.1) is 0 Å². The molecule has 2 unspecified atom stereocenters. The summed E-state index contributed by atoms with van der Waals surface area (Å²) in [6.07, 6.45) is 0.0890. The lowest BCUT2D eigenvalue weighted by molar-refractivity contribution is 0.0153. The van der Waals surface area contributed by atoms with E-state index in [0.717, 1.165) is 25.2 Å². The molecule has 1 N–H and O–H groups in total. The molecule has 1 aromatic carbocycles. The molecule has 1 heterocycles. The van der Waals surface area contributed by atoms with Gasteiger partial charge in [0, 0.05) is 32.1 Å². The lowest BCUT2D eigenvalue weighted by Gasteiger charge is -2.40. The largest absolute Gasteiger partial charge is 0.391 e. The van der Waals surface area contributed by atoms with Crippen LogP contribution in [-0.2, 0) is 6.42 Å². The number of aliphatic hydroxyl groups is 1. The van der Waals surface area contributed by atoms with Gasteiger partial charge in [0.1, 0.15) is 0 Å². The summed E-state index contributed by atoms with van der Waals surface area (Å²) in [6.45, 7) is 2.88. The van der Waals surface area contributed by atoms with Gasteiger partial charge >= 0.3 is 0 Å². The lowest BCUT2D eigenvalue weighted by atomic mass is 9.99. The lowest BCUT2D eigenvalue weighted by Crippen LogP contribution is -2.55. The van der Waals surface area contributed by atoms with E-state index in [1.165, 1.54) is 0 Å². The van der Waals surface area contributed by atoms with Crippen LogP contribution in [0.3, 0.4) is 0 Å². The number of halogens is 2. The molecule has 19 heavy (non-hydrogen) atoms. The third-order valence-corrected chi connectivity index (χ3v) is 4.66. The first kappa shape index (κ1) is 15.1. The third-order valence-electron chi connectivity index (χ3n) is 3.80. The van der Waals surface area contributed by atoms with Crippen molar-refractivity contribution in [3.8, 4) is 0 Å². The Morgan fingerprint density at radius 1 is 1.32 bits per heavy atom. The molecule has 5 heteroatoms.